The van der Waals surface area contributed by atoms with Crippen molar-refractivity contribution >= 4 is 27.7 Å². The smallest absolute Gasteiger partial charge is 0.304 e. The van der Waals surface area contributed by atoms with Gasteiger partial charge >= 0.3 is 5.97 Å². The number of Topliss-reactive ketones (excluding diaryl/α,β-unsaturated/α-hetero) is 1. The molecule has 0 saturated heterocycles. The van der Waals surface area contributed by atoms with E-state index in [0.717, 1.165) is 4.47 Å². The average molecular weight is 285 g/mol. The van der Waals surface area contributed by atoms with Crippen LogP contribution in [0.25, 0.3) is 0 Å². The molecule has 0 atom stereocenters. The number of hydrogen-bond donors (Lipinski definition) is 1. The van der Waals surface area contributed by atoms with Crippen LogP contribution in [0.2, 0.25) is 0 Å². The monoisotopic (exact) mass is 284 g/mol. The van der Waals surface area contributed by atoms with Crippen LogP contribution in [0.1, 0.15) is 30.6 Å². The fourth-order valence-electron chi connectivity index (χ4n) is 1.45. The molecule has 0 aliphatic carbocycles. The van der Waals surface area contributed by atoms with E-state index in [0.29, 0.717) is 5.56 Å². The Balaban J connectivity index is 2.93. The molecular formula is C12H13BrO3. The minimum Gasteiger partial charge on any atom is -0.481 e. The van der Waals surface area contributed by atoms with Gasteiger partial charge in [-0.25, -0.2) is 0 Å². The summed E-state index contributed by atoms with van der Waals surface area (Å²) in [4.78, 5) is 22.7. The molecule has 0 fully saturated rings. The van der Waals surface area contributed by atoms with Crippen LogP contribution in [-0.2, 0) is 4.79 Å². The van der Waals surface area contributed by atoms with Crippen molar-refractivity contribution in [3.8, 4) is 0 Å². The third-order valence-corrected chi connectivity index (χ3v) is 2.84. The Kier molecular flexibility index (Phi) is 3.86. The molecule has 86 valence electrons. The molecule has 0 unspecified atom stereocenters. The van der Waals surface area contributed by atoms with E-state index in [1.807, 2.05) is 0 Å². The van der Waals surface area contributed by atoms with Gasteiger partial charge in [-0.2, -0.15) is 0 Å². The maximum Gasteiger partial charge on any atom is 0.304 e. The minimum absolute atomic E-state index is 0.151. The largest absolute Gasteiger partial charge is 0.481 e. The van der Waals surface area contributed by atoms with E-state index < -0.39 is 11.4 Å². The number of rotatable bonds is 4. The molecular weight excluding hydrogens is 272 g/mol. The predicted molar refractivity (Wildman–Crippen MR) is 64.5 cm³/mol. The minimum atomic E-state index is -0.963. The fourth-order valence-corrected chi connectivity index (χ4v) is 1.71. The van der Waals surface area contributed by atoms with Crippen molar-refractivity contribution in [1.29, 1.82) is 0 Å². The van der Waals surface area contributed by atoms with Crippen molar-refractivity contribution in [2.24, 2.45) is 5.41 Å². The molecule has 16 heavy (non-hydrogen) atoms. The highest BCUT2D eigenvalue weighted by molar-refractivity contribution is 9.10. The zero-order valence-corrected chi connectivity index (χ0v) is 10.7. The van der Waals surface area contributed by atoms with Crippen LogP contribution in [0.15, 0.2) is 28.7 Å². The van der Waals surface area contributed by atoms with Crippen LogP contribution in [0.3, 0.4) is 0 Å². The second-order valence-corrected chi connectivity index (χ2v) is 5.21. The molecule has 1 aromatic carbocycles. The molecule has 0 radical (unpaired) electrons. The van der Waals surface area contributed by atoms with E-state index in [1.165, 1.54) is 0 Å². The van der Waals surface area contributed by atoms with E-state index in [9.17, 15) is 9.59 Å². The van der Waals surface area contributed by atoms with Crippen LogP contribution >= 0.6 is 15.9 Å². The van der Waals surface area contributed by atoms with Gasteiger partial charge in [0.25, 0.3) is 0 Å². The lowest BCUT2D eigenvalue weighted by Crippen LogP contribution is -2.27. The summed E-state index contributed by atoms with van der Waals surface area (Å²) in [7, 11) is 0. The quantitative estimate of drug-likeness (QED) is 0.865. The maximum atomic E-state index is 12.0. The number of carboxylic acids is 1. The number of ketones is 1. The molecule has 1 rings (SSSR count). The van der Waals surface area contributed by atoms with Gasteiger partial charge in [0.2, 0.25) is 0 Å². The van der Waals surface area contributed by atoms with Gasteiger partial charge in [0.15, 0.2) is 5.78 Å². The molecule has 0 aliphatic heterocycles. The lowest BCUT2D eigenvalue weighted by molar-refractivity contribution is -0.138. The summed E-state index contributed by atoms with van der Waals surface area (Å²) in [6.45, 7) is 3.29. The number of benzene rings is 1. The van der Waals surface area contributed by atoms with Crippen molar-refractivity contribution in [1.82, 2.24) is 0 Å². The number of carbonyl (C=O) groups excluding carboxylic acids is 1. The molecule has 1 aromatic rings. The van der Waals surface area contributed by atoms with Gasteiger partial charge in [-0.15, -0.1) is 0 Å². The summed E-state index contributed by atoms with van der Waals surface area (Å²) in [6, 6.07) is 6.92. The molecule has 0 saturated carbocycles. The zero-order chi connectivity index (χ0) is 12.3. The fraction of sp³-hybridized carbons (Fsp3) is 0.333. The first-order chi connectivity index (χ1) is 7.33. The van der Waals surface area contributed by atoms with Gasteiger partial charge in [-0.3, -0.25) is 9.59 Å². The van der Waals surface area contributed by atoms with Gasteiger partial charge in [0.05, 0.1) is 6.42 Å². The Morgan fingerprint density at radius 2 is 1.75 bits per heavy atom. The SMILES string of the molecule is CC(C)(CC(=O)O)C(=O)c1ccc(Br)cc1. The topological polar surface area (TPSA) is 54.4 Å². The van der Waals surface area contributed by atoms with Crippen LogP contribution in [-0.4, -0.2) is 16.9 Å². The summed E-state index contributed by atoms with van der Waals surface area (Å²) in [5.41, 5.74) is -0.339. The summed E-state index contributed by atoms with van der Waals surface area (Å²) in [5, 5.41) is 8.73. The highest BCUT2D eigenvalue weighted by Gasteiger charge is 2.31. The Morgan fingerprint density at radius 1 is 1.25 bits per heavy atom. The molecule has 4 heteroatoms. The van der Waals surface area contributed by atoms with Crippen LogP contribution in [0.4, 0.5) is 0 Å². The molecule has 0 heterocycles. The van der Waals surface area contributed by atoms with Gasteiger partial charge in [-0.05, 0) is 12.1 Å². The first kappa shape index (κ1) is 12.9. The second-order valence-electron chi connectivity index (χ2n) is 4.29. The highest BCUT2D eigenvalue weighted by Crippen LogP contribution is 2.26. The van der Waals surface area contributed by atoms with Crippen molar-refractivity contribution < 1.29 is 14.7 Å². The van der Waals surface area contributed by atoms with Crippen LogP contribution < -0.4 is 0 Å². The number of aliphatic carboxylic acids is 1. The summed E-state index contributed by atoms with van der Waals surface area (Å²) in [5.74, 6) is -1.11. The van der Waals surface area contributed by atoms with E-state index in [2.05, 4.69) is 15.9 Å². The highest BCUT2D eigenvalue weighted by atomic mass is 79.9. The van der Waals surface area contributed by atoms with Crippen LogP contribution in [0, 0.1) is 5.41 Å². The first-order valence-electron chi connectivity index (χ1n) is 4.85. The first-order valence-corrected chi connectivity index (χ1v) is 5.64. The van der Waals surface area contributed by atoms with Crippen molar-refractivity contribution in [2.45, 2.75) is 20.3 Å². The molecule has 0 amide bonds. The lowest BCUT2D eigenvalue weighted by Gasteiger charge is -2.20. The number of carbonyl (C=O) groups is 2. The Bertz CT molecular complexity index is 407. The molecule has 0 bridgehead atoms. The van der Waals surface area contributed by atoms with Gasteiger partial charge in [0, 0.05) is 15.5 Å². The number of carboxylic acid groups (broad SMARTS) is 1. The van der Waals surface area contributed by atoms with Gasteiger partial charge in [-0.1, -0.05) is 41.9 Å². The standard InChI is InChI=1S/C12H13BrO3/c1-12(2,7-10(14)15)11(16)8-3-5-9(13)6-4-8/h3-6H,7H2,1-2H3,(H,14,15). The van der Waals surface area contributed by atoms with E-state index >= 15 is 0 Å². The van der Waals surface area contributed by atoms with Gasteiger partial charge in [0.1, 0.15) is 0 Å². The average Bonchev–Trinajstić information content (AvgIpc) is 2.16. The third-order valence-electron chi connectivity index (χ3n) is 2.31. The molecule has 1 N–H and O–H groups in total. The van der Waals surface area contributed by atoms with E-state index in [1.54, 1.807) is 38.1 Å². The Labute approximate surface area is 103 Å². The molecule has 0 aliphatic rings. The molecule has 3 nitrogen and oxygen atoms in total. The molecule has 0 spiro atoms. The Hall–Kier alpha value is -1.16. The number of halogens is 1. The van der Waals surface area contributed by atoms with Crippen molar-refractivity contribution in [3.05, 3.63) is 34.3 Å². The molecule has 0 aromatic heterocycles. The summed E-state index contributed by atoms with van der Waals surface area (Å²) < 4.78 is 0.889. The predicted octanol–water partition coefficient (Wildman–Crippen LogP) is 3.13. The van der Waals surface area contributed by atoms with Crippen molar-refractivity contribution in [2.75, 3.05) is 0 Å². The van der Waals surface area contributed by atoms with E-state index in [4.69, 9.17) is 5.11 Å². The lowest BCUT2D eigenvalue weighted by atomic mass is 9.81. The van der Waals surface area contributed by atoms with Crippen LogP contribution in [0.5, 0.6) is 0 Å². The summed E-state index contributed by atoms with van der Waals surface area (Å²) >= 11 is 3.28. The third kappa shape index (κ3) is 3.17. The van der Waals surface area contributed by atoms with Crippen molar-refractivity contribution in [3.63, 3.8) is 0 Å². The second kappa shape index (κ2) is 4.78. The van der Waals surface area contributed by atoms with E-state index in [-0.39, 0.29) is 12.2 Å². The normalized spacial score (nSPS) is 11.2. The zero-order valence-electron chi connectivity index (χ0n) is 9.16. The number of hydrogen-bond acceptors (Lipinski definition) is 2. The summed E-state index contributed by atoms with van der Waals surface area (Å²) in [6.07, 6.45) is -0.165. The Morgan fingerprint density at radius 3 is 2.19 bits per heavy atom. The maximum absolute atomic E-state index is 12.0. The van der Waals surface area contributed by atoms with Gasteiger partial charge < -0.3 is 5.11 Å².